The summed E-state index contributed by atoms with van der Waals surface area (Å²) in [5.74, 6) is 0. The van der Waals surface area contributed by atoms with Gasteiger partial charge < -0.3 is 10.1 Å². The molecule has 1 N–H and O–H groups in total. The zero-order chi connectivity index (χ0) is 10.5. The van der Waals surface area contributed by atoms with Crippen molar-refractivity contribution in [1.29, 1.82) is 0 Å². The predicted octanol–water partition coefficient (Wildman–Crippen LogP) is 2.80. The lowest BCUT2D eigenvalue weighted by atomic mass is 9.93. The molecule has 0 spiro atoms. The first-order valence-corrected chi connectivity index (χ1v) is 6.60. The van der Waals surface area contributed by atoms with Crippen LogP contribution >= 0.6 is 11.3 Å². The Hall–Kier alpha value is -0.380. The third-order valence-corrected chi connectivity index (χ3v) is 3.91. The topological polar surface area (TPSA) is 21.3 Å². The molecule has 1 aromatic rings. The van der Waals surface area contributed by atoms with Gasteiger partial charge >= 0.3 is 0 Å². The molecular weight excluding hydrogens is 206 g/mol. The molecule has 0 unspecified atom stereocenters. The van der Waals surface area contributed by atoms with Crippen LogP contribution in [0.25, 0.3) is 0 Å². The average Bonchev–Trinajstić information content (AvgIpc) is 2.80. The number of ether oxygens (including phenoxy) is 1. The molecule has 1 aliphatic rings. The van der Waals surface area contributed by atoms with Gasteiger partial charge in [0, 0.05) is 19.7 Å². The van der Waals surface area contributed by atoms with E-state index >= 15 is 0 Å². The first kappa shape index (κ1) is 11.1. The second-order valence-electron chi connectivity index (χ2n) is 4.22. The molecule has 0 radical (unpaired) electrons. The highest BCUT2D eigenvalue weighted by atomic mass is 32.1. The summed E-state index contributed by atoms with van der Waals surface area (Å²) in [4.78, 5) is 0. The minimum atomic E-state index is 0.504. The smallest absolute Gasteiger partial charge is 0.0572 e. The second-order valence-corrected chi connectivity index (χ2v) is 5.00. The number of thiophene rings is 1. The van der Waals surface area contributed by atoms with E-state index in [1.54, 1.807) is 11.3 Å². The van der Waals surface area contributed by atoms with Gasteiger partial charge in [0.15, 0.2) is 0 Å². The monoisotopic (exact) mass is 225 g/mol. The second kappa shape index (κ2) is 5.64. The van der Waals surface area contributed by atoms with Crippen LogP contribution in [0.15, 0.2) is 16.8 Å². The summed E-state index contributed by atoms with van der Waals surface area (Å²) in [7, 11) is 1.82. The van der Waals surface area contributed by atoms with Crippen LogP contribution in [0.3, 0.4) is 0 Å². The van der Waals surface area contributed by atoms with E-state index in [4.69, 9.17) is 4.74 Å². The molecule has 0 aliphatic heterocycles. The number of hydrogen-bond acceptors (Lipinski definition) is 3. The molecule has 2 rings (SSSR count). The van der Waals surface area contributed by atoms with Crippen molar-refractivity contribution >= 4 is 11.3 Å². The van der Waals surface area contributed by atoms with Gasteiger partial charge in [-0.3, -0.25) is 0 Å². The Balaban J connectivity index is 1.69. The molecular formula is C12H19NOS. The highest BCUT2D eigenvalue weighted by Crippen LogP contribution is 2.21. The lowest BCUT2D eigenvalue weighted by Crippen LogP contribution is -2.34. The van der Waals surface area contributed by atoms with Crippen molar-refractivity contribution in [2.24, 2.45) is 0 Å². The van der Waals surface area contributed by atoms with Crippen molar-refractivity contribution in [1.82, 2.24) is 5.32 Å². The van der Waals surface area contributed by atoms with Gasteiger partial charge in [-0.25, -0.2) is 0 Å². The summed E-state index contributed by atoms with van der Waals surface area (Å²) < 4.78 is 5.36. The van der Waals surface area contributed by atoms with Crippen molar-refractivity contribution in [3.8, 4) is 0 Å². The number of hydrogen-bond donors (Lipinski definition) is 1. The minimum Gasteiger partial charge on any atom is -0.381 e. The van der Waals surface area contributed by atoms with Gasteiger partial charge in [-0.15, -0.1) is 0 Å². The zero-order valence-electron chi connectivity index (χ0n) is 9.24. The Labute approximate surface area is 95.6 Å². The zero-order valence-corrected chi connectivity index (χ0v) is 10.1. The van der Waals surface area contributed by atoms with Gasteiger partial charge in [-0.1, -0.05) is 0 Å². The number of methoxy groups -OCH3 is 1. The summed E-state index contributed by atoms with van der Waals surface area (Å²) >= 11 is 1.77. The molecule has 0 atom stereocenters. The van der Waals surface area contributed by atoms with E-state index in [2.05, 4.69) is 22.1 Å². The minimum absolute atomic E-state index is 0.504. The summed E-state index contributed by atoms with van der Waals surface area (Å²) in [6, 6.07) is 2.88. The van der Waals surface area contributed by atoms with Crippen molar-refractivity contribution in [3.63, 3.8) is 0 Å². The fourth-order valence-electron chi connectivity index (χ4n) is 2.16. The van der Waals surface area contributed by atoms with E-state index in [1.165, 1.54) is 31.2 Å². The molecule has 1 aliphatic carbocycles. The lowest BCUT2D eigenvalue weighted by Gasteiger charge is -2.28. The Morgan fingerprint density at radius 2 is 2.20 bits per heavy atom. The first-order chi connectivity index (χ1) is 7.38. The third kappa shape index (κ3) is 3.30. The largest absolute Gasteiger partial charge is 0.381 e. The van der Waals surface area contributed by atoms with Gasteiger partial charge in [-0.2, -0.15) is 11.3 Å². The van der Waals surface area contributed by atoms with Gasteiger partial charge in [-0.05, 0) is 48.1 Å². The molecule has 1 saturated carbocycles. The maximum atomic E-state index is 5.36. The van der Waals surface area contributed by atoms with Crippen LogP contribution in [-0.4, -0.2) is 19.3 Å². The molecule has 2 nitrogen and oxygen atoms in total. The average molecular weight is 225 g/mol. The van der Waals surface area contributed by atoms with Gasteiger partial charge in [0.2, 0.25) is 0 Å². The molecule has 1 aromatic heterocycles. The van der Waals surface area contributed by atoms with Gasteiger partial charge in [0.25, 0.3) is 0 Å². The number of rotatable bonds is 4. The van der Waals surface area contributed by atoms with Crippen molar-refractivity contribution < 1.29 is 4.74 Å². The van der Waals surface area contributed by atoms with Crippen LogP contribution in [0.5, 0.6) is 0 Å². The number of nitrogens with one attached hydrogen (secondary N) is 1. The Morgan fingerprint density at radius 1 is 1.40 bits per heavy atom. The summed E-state index contributed by atoms with van der Waals surface area (Å²) in [5.41, 5.74) is 1.41. The molecule has 1 fully saturated rings. The molecule has 0 aromatic carbocycles. The lowest BCUT2D eigenvalue weighted by molar-refractivity contribution is 0.0624. The highest BCUT2D eigenvalue weighted by Gasteiger charge is 2.19. The fourth-order valence-corrected chi connectivity index (χ4v) is 2.83. The SMILES string of the molecule is COC1CCC(NCc2ccsc2)CC1. The van der Waals surface area contributed by atoms with E-state index in [-0.39, 0.29) is 0 Å². The van der Waals surface area contributed by atoms with Gasteiger partial charge in [0.1, 0.15) is 0 Å². The fraction of sp³-hybridized carbons (Fsp3) is 0.667. The van der Waals surface area contributed by atoms with E-state index < -0.39 is 0 Å². The van der Waals surface area contributed by atoms with Crippen LogP contribution in [0.1, 0.15) is 31.2 Å². The summed E-state index contributed by atoms with van der Waals surface area (Å²) in [6.45, 7) is 1.02. The maximum absolute atomic E-state index is 5.36. The van der Waals surface area contributed by atoms with Crippen LogP contribution in [0.2, 0.25) is 0 Å². The van der Waals surface area contributed by atoms with Crippen LogP contribution in [0.4, 0.5) is 0 Å². The van der Waals surface area contributed by atoms with Crippen LogP contribution in [0, 0.1) is 0 Å². The van der Waals surface area contributed by atoms with Gasteiger partial charge in [0.05, 0.1) is 6.10 Å². The normalized spacial score (nSPS) is 26.7. The van der Waals surface area contributed by atoms with Crippen LogP contribution < -0.4 is 5.32 Å². The predicted molar refractivity (Wildman–Crippen MR) is 64.2 cm³/mol. The van der Waals surface area contributed by atoms with Crippen molar-refractivity contribution in [2.45, 2.75) is 44.4 Å². The van der Waals surface area contributed by atoms with E-state index in [0.717, 1.165) is 6.54 Å². The molecule has 0 bridgehead atoms. The Kier molecular flexibility index (Phi) is 4.18. The first-order valence-electron chi connectivity index (χ1n) is 5.65. The molecule has 15 heavy (non-hydrogen) atoms. The molecule has 3 heteroatoms. The summed E-state index contributed by atoms with van der Waals surface area (Å²) in [5, 5.41) is 7.97. The molecule has 0 amide bonds. The van der Waals surface area contributed by atoms with Crippen molar-refractivity contribution in [3.05, 3.63) is 22.4 Å². The highest BCUT2D eigenvalue weighted by molar-refractivity contribution is 7.07. The summed E-state index contributed by atoms with van der Waals surface area (Å²) in [6.07, 6.45) is 5.42. The maximum Gasteiger partial charge on any atom is 0.0572 e. The molecule has 1 heterocycles. The molecule has 0 saturated heterocycles. The van der Waals surface area contributed by atoms with Crippen LogP contribution in [-0.2, 0) is 11.3 Å². The quantitative estimate of drug-likeness (QED) is 0.851. The van der Waals surface area contributed by atoms with E-state index in [1.807, 2.05) is 7.11 Å². The molecule has 84 valence electrons. The third-order valence-electron chi connectivity index (χ3n) is 3.18. The van der Waals surface area contributed by atoms with Crippen molar-refractivity contribution in [2.75, 3.05) is 7.11 Å². The van der Waals surface area contributed by atoms with E-state index in [9.17, 15) is 0 Å². The Morgan fingerprint density at radius 3 is 2.80 bits per heavy atom. The van der Waals surface area contributed by atoms with E-state index in [0.29, 0.717) is 12.1 Å². The Bertz CT molecular complexity index is 265. The standard InChI is InChI=1S/C12H19NOS/c1-14-12-4-2-11(3-5-12)13-8-10-6-7-15-9-10/h6-7,9,11-13H,2-5,8H2,1H3.